The van der Waals surface area contributed by atoms with E-state index in [1.807, 2.05) is 13.0 Å². The molecule has 0 aromatic heterocycles. The summed E-state index contributed by atoms with van der Waals surface area (Å²) in [4.78, 5) is 26.8. The number of ether oxygens (including phenoxy) is 1. The van der Waals surface area contributed by atoms with Crippen LogP contribution in [0.1, 0.15) is 35.7 Å². The molecule has 1 aromatic carbocycles. The molecule has 0 bridgehead atoms. The van der Waals surface area contributed by atoms with Gasteiger partial charge in [0.15, 0.2) is 0 Å². The summed E-state index contributed by atoms with van der Waals surface area (Å²) >= 11 is 0. The first kappa shape index (κ1) is 25.8. The molecule has 184 valence electrons. The number of allylic oxidation sites excluding steroid dienone is 3. The molecule has 1 aliphatic heterocycles. The molecule has 2 aliphatic rings. The average molecular weight is 480 g/mol. The van der Waals surface area contributed by atoms with Gasteiger partial charge < -0.3 is 25.7 Å². The zero-order chi connectivity index (χ0) is 25.4. The van der Waals surface area contributed by atoms with Crippen molar-refractivity contribution in [2.24, 2.45) is 5.92 Å². The van der Waals surface area contributed by atoms with Crippen molar-refractivity contribution in [1.82, 2.24) is 15.5 Å². The fraction of sp³-hybridized carbons (Fsp3) is 0.385. The van der Waals surface area contributed by atoms with Crippen molar-refractivity contribution in [3.05, 3.63) is 70.2 Å². The van der Waals surface area contributed by atoms with E-state index in [2.05, 4.69) is 10.6 Å². The summed E-state index contributed by atoms with van der Waals surface area (Å²) in [7, 11) is 1.57. The molecule has 35 heavy (non-hydrogen) atoms. The first-order chi connectivity index (χ1) is 16.8. The number of rotatable bonds is 8. The minimum Gasteiger partial charge on any atom is -0.390 e. The molecule has 9 heteroatoms. The molecule has 0 spiro atoms. The van der Waals surface area contributed by atoms with Gasteiger partial charge in [0.1, 0.15) is 5.82 Å². The Bertz CT molecular complexity index is 1120. The molecule has 3 N–H and O–H groups in total. The van der Waals surface area contributed by atoms with E-state index in [0.29, 0.717) is 55.6 Å². The predicted molar refractivity (Wildman–Crippen MR) is 130 cm³/mol. The molecule has 0 unspecified atom stereocenters. The highest BCUT2D eigenvalue weighted by Crippen LogP contribution is 2.23. The Morgan fingerprint density at radius 3 is 2.71 bits per heavy atom. The van der Waals surface area contributed by atoms with Crippen LogP contribution in [0.2, 0.25) is 0 Å². The van der Waals surface area contributed by atoms with Crippen molar-refractivity contribution in [3.63, 3.8) is 0 Å². The summed E-state index contributed by atoms with van der Waals surface area (Å²) in [5.74, 6) is -0.926. The fourth-order valence-electron chi connectivity index (χ4n) is 4.12. The minimum absolute atomic E-state index is 0.0153. The van der Waals surface area contributed by atoms with Crippen LogP contribution < -0.4 is 10.6 Å². The van der Waals surface area contributed by atoms with Crippen LogP contribution in [-0.2, 0) is 9.53 Å². The lowest BCUT2D eigenvalue weighted by molar-refractivity contribution is -0.117. The number of nitrogens with one attached hydrogen (secondary N) is 3. The predicted octanol–water partition coefficient (Wildman–Crippen LogP) is 2.69. The van der Waals surface area contributed by atoms with Gasteiger partial charge in [-0.1, -0.05) is 0 Å². The van der Waals surface area contributed by atoms with Crippen LogP contribution in [-0.4, -0.2) is 62.3 Å². The summed E-state index contributed by atoms with van der Waals surface area (Å²) in [5, 5.41) is 23.2. The van der Waals surface area contributed by atoms with Crippen LogP contribution in [0.25, 0.3) is 0 Å². The molecule has 1 aromatic rings. The van der Waals surface area contributed by atoms with Crippen molar-refractivity contribution in [3.8, 4) is 6.07 Å². The maximum atomic E-state index is 14.2. The number of hydrogen-bond acceptors (Lipinski definition) is 6. The summed E-state index contributed by atoms with van der Waals surface area (Å²) in [6.07, 6.45) is 6.56. The van der Waals surface area contributed by atoms with E-state index < -0.39 is 5.82 Å². The number of carbonyl (C=O) groups is 2. The molecular weight excluding hydrogens is 449 g/mol. The zero-order valence-corrected chi connectivity index (χ0v) is 20.0. The molecule has 1 aliphatic carbocycles. The minimum atomic E-state index is -0.677. The van der Waals surface area contributed by atoms with Crippen LogP contribution in [0.15, 0.2) is 53.3 Å². The summed E-state index contributed by atoms with van der Waals surface area (Å²) < 4.78 is 19.2. The molecule has 3 rings (SSSR count). The molecule has 8 nitrogen and oxygen atoms in total. The van der Waals surface area contributed by atoms with Gasteiger partial charge in [-0.2, -0.15) is 5.26 Å². The Hall–Kier alpha value is -3.77. The molecule has 1 fully saturated rings. The second-order valence-electron chi connectivity index (χ2n) is 8.54. The highest BCUT2D eigenvalue weighted by atomic mass is 19.1. The lowest BCUT2D eigenvalue weighted by atomic mass is 9.92. The van der Waals surface area contributed by atoms with E-state index in [9.17, 15) is 14.0 Å². The third-order valence-electron chi connectivity index (χ3n) is 6.23. The van der Waals surface area contributed by atoms with Crippen LogP contribution in [0, 0.1) is 28.5 Å². The Balaban J connectivity index is 1.54. The molecule has 2 amide bonds. The number of hydrogen-bond donors (Lipinski definition) is 3. The zero-order valence-electron chi connectivity index (χ0n) is 20.0. The highest BCUT2D eigenvalue weighted by molar-refractivity contribution is 6.14. The van der Waals surface area contributed by atoms with Crippen molar-refractivity contribution in [1.29, 1.82) is 10.7 Å². The fourth-order valence-corrected chi connectivity index (χ4v) is 4.12. The van der Waals surface area contributed by atoms with Crippen molar-refractivity contribution < 1.29 is 18.7 Å². The van der Waals surface area contributed by atoms with Gasteiger partial charge in [-0.05, 0) is 61.6 Å². The lowest BCUT2D eigenvalue weighted by Crippen LogP contribution is -2.40. The Labute approximate surface area is 204 Å². The molecular formula is C26H30FN5O3. The maximum absolute atomic E-state index is 14.2. The van der Waals surface area contributed by atoms with Crippen LogP contribution in [0.5, 0.6) is 0 Å². The number of piperidine rings is 1. The van der Waals surface area contributed by atoms with Gasteiger partial charge >= 0.3 is 0 Å². The Morgan fingerprint density at radius 1 is 1.31 bits per heavy atom. The smallest absolute Gasteiger partial charge is 0.256 e. The molecule has 1 heterocycles. The summed E-state index contributed by atoms with van der Waals surface area (Å²) in [6, 6.07) is 5.76. The number of amides is 2. The van der Waals surface area contributed by atoms with Crippen LogP contribution in [0.3, 0.4) is 0 Å². The topological polar surface area (TPSA) is 118 Å². The molecule has 1 saturated heterocycles. The van der Waals surface area contributed by atoms with Gasteiger partial charge in [0.25, 0.3) is 11.8 Å². The quantitative estimate of drug-likeness (QED) is 0.496. The van der Waals surface area contributed by atoms with Gasteiger partial charge in [0.2, 0.25) is 0 Å². The van der Waals surface area contributed by atoms with Gasteiger partial charge in [-0.25, -0.2) is 4.39 Å². The first-order valence-corrected chi connectivity index (χ1v) is 11.5. The number of nitriles is 1. The number of carbonyl (C=O) groups excluding carboxylic acids is 2. The van der Waals surface area contributed by atoms with Gasteiger partial charge in [0.05, 0.1) is 29.5 Å². The number of likely N-dealkylation sites (tertiary alicyclic amines) is 1. The van der Waals surface area contributed by atoms with Crippen molar-refractivity contribution in [2.75, 3.05) is 39.9 Å². The standard InChI is InChI=1S/C26H30FN5O3/c1-17-20(25(33)31-9-12-35-2)5-6-24(29)22(17)16-30-15-18-7-10-32(11-8-18)26(34)21-4-3-19(14-28)13-23(21)27/h3-6,13,16,18,29-30H,7-12,15H2,1-2H3,(H,31,33)/b22-16-,29-24?. The monoisotopic (exact) mass is 479 g/mol. The van der Waals surface area contributed by atoms with Gasteiger partial charge in [-0.15, -0.1) is 0 Å². The Kier molecular flexibility index (Phi) is 8.92. The van der Waals surface area contributed by atoms with Gasteiger partial charge in [0, 0.05) is 50.6 Å². The van der Waals surface area contributed by atoms with Crippen LogP contribution >= 0.6 is 0 Å². The van der Waals surface area contributed by atoms with E-state index >= 15 is 0 Å². The van der Waals surface area contributed by atoms with E-state index in [0.717, 1.165) is 24.5 Å². The second-order valence-corrected chi connectivity index (χ2v) is 8.54. The van der Waals surface area contributed by atoms with E-state index in [4.69, 9.17) is 15.4 Å². The maximum Gasteiger partial charge on any atom is 0.256 e. The largest absolute Gasteiger partial charge is 0.390 e. The normalized spacial score (nSPS) is 17.5. The summed E-state index contributed by atoms with van der Waals surface area (Å²) in [6.45, 7) is 4.36. The Morgan fingerprint density at radius 2 is 2.06 bits per heavy atom. The van der Waals surface area contributed by atoms with E-state index in [1.54, 1.807) is 30.4 Å². The lowest BCUT2D eigenvalue weighted by Gasteiger charge is -2.32. The third-order valence-corrected chi connectivity index (χ3v) is 6.23. The first-order valence-electron chi connectivity index (χ1n) is 11.5. The number of benzene rings is 1. The summed E-state index contributed by atoms with van der Waals surface area (Å²) in [5.41, 5.74) is 2.40. The van der Waals surface area contributed by atoms with E-state index in [1.165, 1.54) is 12.1 Å². The average Bonchev–Trinajstić information content (AvgIpc) is 2.86. The molecule has 0 saturated carbocycles. The second kappa shape index (κ2) is 12.1. The van der Waals surface area contributed by atoms with Crippen LogP contribution in [0.4, 0.5) is 4.39 Å². The molecule has 0 atom stereocenters. The molecule has 0 radical (unpaired) electrons. The SMILES string of the molecule is COCCNC(=O)C1=C(C)/C(=C/NCC2CCN(C(=O)c3ccc(C#N)cc3F)CC2)C(=N)C=C1. The van der Waals surface area contributed by atoms with E-state index in [-0.39, 0.29) is 22.9 Å². The number of nitrogens with zero attached hydrogens (tertiary/aromatic N) is 2. The third kappa shape index (κ3) is 6.43. The number of halogens is 1. The van der Waals surface area contributed by atoms with Gasteiger partial charge in [-0.3, -0.25) is 9.59 Å². The van der Waals surface area contributed by atoms with Crippen molar-refractivity contribution >= 4 is 17.5 Å². The highest BCUT2D eigenvalue weighted by Gasteiger charge is 2.25. The van der Waals surface area contributed by atoms with Crippen molar-refractivity contribution in [2.45, 2.75) is 19.8 Å². The number of methoxy groups -OCH3 is 1.